The fourth-order valence-electron chi connectivity index (χ4n) is 2.56. The van der Waals surface area contributed by atoms with Crippen LogP contribution in [-0.4, -0.2) is 43.3 Å². The zero-order valence-electron chi connectivity index (χ0n) is 12.0. The molecule has 0 aliphatic carbocycles. The Morgan fingerprint density at radius 3 is 2.40 bits per heavy atom. The predicted octanol–water partition coefficient (Wildman–Crippen LogP) is 1.50. The molecule has 0 radical (unpaired) electrons. The molecule has 6 heteroatoms. The fourth-order valence-corrected chi connectivity index (χ4v) is 4.36. The van der Waals surface area contributed by atoms with Gasteiger partial charge in [0.25, 0.3) is 0 Å². The Hall–Kier alpha value is -0.950. The van der Waals surface area contributed by atoms with Gasteiger partial charge < -0.3 is 9.84 Å². The van der Waals surface area contributed by atoms with Crippen molar-refractivity contribution in [1.82, 2.24) is 4.31 Å². The largest absolute Gasteiger partial charge is 0.387 e. The van der Waals surface area contributed by atoms with E-state index in [2.05, 4.69) is 0 Å². The van der Waals surface area contributed by atoms with E-state index in [9.17, 15) is 13.5 Å². The molecule has 0 bridgehead atoms. The van der Waals surface area contributed by atoms with Crippen LogP contribution in [0, 0.1) is 6.92 Å². The first-order chi connectivity index (χ1) is 9.43. The molecule has 1 fully saturated rings. The van der Waals surface area contributed by atoms with Gasteiger partial charge in [-0.3, -0.25) is 0 Å². The zero-order chi connectivity index (χ0) is 14.9. The maximum atomic E-state index is 12.7. The van der Waals surface area contributed by atoms with Crippen molar-refractivity contribution in [1.29, 1.82) is 0 Å². The van der Waals surface area contributed by atoms with Gasteiger partial charge in [0.2, 0.25) is 10.0 Å². The van der Waals surface area contributed by atoms with Crippen molar-refractivity contribution in [2.24, 2.45) is 0 Å². The van der Waals surface area contributed by atoms with E-state index in [1.165, 1.54) is 11.4 Å². The normalized spacial score (nSPS) is 27.3. The van der Waals surface area contributed by atoms with Crippen LogP contribution in [-0.2, 0) is 14.8 Å². The second-order valence-corrected chi connectivity index (χ2v) is 6.96. The van der Waals surface area contributed by atoms with E-state index in [0.29, 0.717) is 6.42 Å². The molecule has 3 atom stereocenters. The number of benzene rings is 1. The second kappa shape index (κ2) is 5.81. The number of aliphatic hydroxyl groups excluding tert-OH is 1. The first-order valence-electron chi connectivity index (χ1n) is 6.74. The van der Waals surface area contributed by atoms with Crippen LogP contribution in [0.2, 0.25) is 0 Å². The predicted molar refractivity (Wildman–Crippen MR) is 75.7 cm³/mol. The molecule has 1 aliphatic rings. The number of aryl methyl sites for hydroxylation is 1. The number of ether oxygens (including phenoxy) is 1. The molecular weight excluding hydrogens is 278 g/mol. The van der Waals surface area contributed by atoms with Gasteiger partial charge in [-0.1, -0.05) is 31.0 Å². The first kappa shape index (κ1) is 15.4. The molecule has 20 heavy (non-hydrogen) atoms. The molecule has 1 aromatic carbocycles. The Labute approximate surface area is 120 Å². The van der Waals surface area contributed by atoms with Crippen molar-refractivity contribution < 1.29 is 18.3 Å². The number of aliphatic hydroxyl groups is 1. The molecule has 5 nitrogen and oxygen atoms in total. The summed E-state index contributed by atoms with van der Waals surface area (Å²) in [6.45, 7) is 3.87. The number of methoxy groups -OCH3 is 1. The molecule has 1 aliphatic heterocycles. The minimum absolute atomic E-state index is 0.234. The van der Waals surface area contributed by atoms with E-state index < -0.39 is 28.4 Å². The average Bonchev–Trinajstić information content (AvgIpc) is 2.42. The smallest absolute Gasteiger partial charge is 0.245 e. The third kappa shape index (κ3) is 2.48. The molecule has 2 rings (SSSR count). The minimum Gasteiger partial charge on any atom is -0.387 e. The van der Waals surface area contributed by atoms with Crippen LogP contribution in [0.15, 0.2) is 29.2 Å². The number of rotatable bonds is 5. The molecule has 0 aromatic heterocycles. The Balaban J connectivity index is 2.33. The Bertz CT molecular complexity index is 555. The molecule has 1 N–H and O–H groups in total. The molecule has 0 amide bonds. The summed E-state index contributed by atoms with van der Waals surface area (Å²) in [6, 6.07) is 6.30. The summed E-state index contributed by atoms with van der Waals surface area (Å²) in [6.07, 6.45) is -0.137. The lowest BCUT2D eigenvalue weighted by atomic mass is 9.96. The summed E-state index contributed by atoms with van der Waals surface area (Å²) in [7, 11) is -2.23. The van der Waals surface area contributed by atoms with Crippen molar-refractivity contribution in [3.05, 3.63) is 29.8 Å². The monoisotopic (exact) mass is 299 g/mol. The molecule has 0 unspecified atom stereocenters. The summed E-state index contributed by atoms with van der Waals surface area (Å²) in [5.74, 6) is 0. The highest BCUT2D eigenvalue weighted by molar-refractivity contribution is 7.89. The van der Waals surface area contributed by atoms with Gasteiger partial charge in [0.1, 0.15) is 6.10 Å². The van der Waals surface area contributed by atoms with Crippen LogP contribution in [0.1, 0.15) is 25.3 Å². The minimum atomic E-state index is -3.64. The van der Waals surface area contributed by atoms with Gasteiger partial charge in [-0.2, -0.15) is 4.31 Å². The summed E-state index contributed by atoms with van der Waals surface area (Å²) in [5.41, 5.74) is 1.00. The van der Waals surface area contributed by atoms with E-state index in [4.69, 9.17) is 4.74 Å². The molecule has 112 valence electrons. The van der Waals surface area contributed by atoms with Crippen molar-refractivity contribution >= 4 is 10.0 Å². The fraction of sp³-hybridized carbons (Fsp3) is 0.571. The summed E-state index contributed by atoms with van der Waals surface area (Å²) in [4.78, 5) is 0.234. The van der Waals surface area contributed by atoms with Gasteiger partial charge in [0, 0.05) is 7.11 Å². The van der Waals surface area contributed by atoms with Gasteiger partial charge in [0.15, 0.2) is 6.23 Å². The Kier molecular flexibility index (Phi) is 4.49. The molecule has 0 spiro atoms. The third-order valence-electron chi connectivity index (χ3n) is 3.69. The number of hydrogen-bond acceptors (Lipinski definition) is 4. The molecule has 1 saturated heterocycles. The number of sulfonamides is 1. The van der Waals surface area contributed by atoms with E-state index >= 15 is 0 Å². The molecular formula is C14H21NO4S. The first-order valence-corrected chi connectivity index (χ1v) is 8.18. The van der Waals surface area contributed by atoms with Gasteiger partial charge >= 0.3 is 0 Å². The molecule has 0 saturated carbocycles. The molecule has 1 heterocycles. The van der Waals surface area contributed by atoms with Crippen LogP contribution < -0.4 is 0 Å². The van der Waals surface area contributed by atoms with Crippen LogP contribution in [0.4, 0.5) is 0 Å². The lowest BCUT2D eigenvalue weighted by Crippen LogP contribution is -2.69. The maximum Gasteiger partial charge on any atom is 0.245 e. The number of nitrogens with zero attached hydrogens (tertiary/aromatic N) is 1. The molecule has 1 aromatic rings. The lowest BCUT2D eigenvalue weighted by Gasteiger charge is -2.50. The topological polar surface area (TPSA) is 66.8 Å². The van der Waals surface area contributed by atoms with Gasteiger partial charge in [-0.15, -0.1) is 0 Å². The van der Waals surface area contributed by atoms with Crippen LogP contribution in [0.3, 0.4) is 0 Å². The Morgan fingerprint density at radius 1 is 1.30 bits per heavy atom. The third-order valence-corrected chi connectivity index (χ3v) is 5.59. The summed E-state index contributed by atoms with van der Waals surface area (Å²) in [5, 5.41) is 9.99. The average molecular weight is 299 g/mol. The highest BCUT2D eigenvalue weighted by Crippen LogP contribution is 2.36. The lowest BCUT2D eigenvalue weighted by molar-refractivity contribution is -0.185. The standard InChI is InChI=1S/C14H21NO4S/c1-4-5-12-13(16)14(19-3)15(12)20(17,18)11-8-6-10(2)7-9-11/h6-9,12-14,16H,4-5H2,1-3H3/t12-,13-,14+/m1/s1. The van der Waals surface area contributed by atoms with E-state index in [0.717, 1.165) is 12.0 Å². The van der Waals surface area contributed by atoms with E-state index in [-0.39, 0.29) is 4.90 Å². The SMILES string of the molecule is CCC[C@@H]1[C@@H](O)[C@H](OC)N1S(=O)(=O)c1ccc(C)cc1. The second-order valence-electron chi connectivity index (χ2n) is 5.12. The van der Waals surface area contributed by atoms with Gasteiger partial charge in [-0.25, -0.2) is 8.42 Å². The van der Waals surface area contributed by atoms with Crippen molar-refractivity contribution in [2.45, 2.75) is 50.0 Å². The number of hydrogen-bond donors (Lipinski definition) is 1. The highest BCUT2D eigenvalue weighted by atomic mass is 32.2. The van der Waals surface area contributed by atoms with E-state index in [1.807, 2.05) is 13.8 Å². The Morgan fingerprint density at radius 2 is 1.90 bits per heavy atom. The zero-order valence-corrected chi connectivity index (χ0v) is 12.8. The quantitative estimate of drug-likeness (QED) is 0.895. The maximum absolute atomic E-state index is 12.7. The van der Waals surface area contributed by atoms with Crippen molar-refractivity contribution in [2.75, 3.05) is 7.11 Å². The summed E-state index contributed by atoms with van der Waals surface area (Å²) < 4.78 is 31.7. The van der Waals surface area contributed by atoms with Gasteiger partial charge in [0.05, 0.1) is 10.9 Å². The van der Waals surface area contributed by atoms with Gasteiger partial charge in [-0.05, 0) is 25.5 Å². The summed E-state index contributed by atoms with van der Waals surface area (Å²) >= 11 is 0. The highest BCUT2D eigenvalue weighted by Gasteiger charge is 2.53. The van der Waals surface area contributed by atoms with Crippen LogP contribution in [0.25, 0.3) is 0 Å². The van der Waals surface area contributed by atoms with E-state index in [1.54, 1.807) is 24.3 Å². The van der Waals surface area contributed by atoms with Crippen molar-refractivity contribution in [3.63, 3.8) is 0 Å². The van der Waals surface area contributed by atoms with Crippen LogP contribution in [0.5, 0.6) is 0 Å². The van der Waals surface area contributed by atoms with Crippen molar-refractivity contribution in [3.8, 4) is 0 Å². The van der Waals surface area contributed by atoms with Crippen LogP contribution >= 0.6 is 0 Å².